The number of hydrogen-bond acceptors (Lipinski definition) is 1. The van der Waals surface area contributed by atoms with Crippen LogP contribution in [0.15, 0.2) is 11.1 Å². The van der Waals surface area contributed by atoms with Crippen LogP contribution in [0.2, 0.25) is 19.6 Å². The molecule has 0 bridgehead atoms. The molecule has 0 aliphatic heterocycles. The van der Waals surface area contributed by atoms with E-state index in [-0.39, 0.29) is 0 Å². The second-order valence-electron chi connectivity index (χ2n) is 2.90. The second kappa shape index (κ2) is 3.36. The molecular weight excluding hydrogens is 132 g/mol. The molecule has 0 aliphatic rings. The summed E-state index contributed by atoms with van der Waals surface area (Å²) in [5.74, 6) is 0. The lowest BCUT2D eigenvalue weighted by molar-refractivity contribution is 1.78. The number of thioether (sulfide) groups is 1. The quantitative estimate of drug-likeness (QED) is 0.540. The van der Waals surface area contributed by atoms with E-state index in [1.54, 1.807) is 11.8 Å². The fourth-order valence-electron chi connectivity index (χ4n) is 0.272. The molecule has 0 aromatic rings. The van der Waals surface area contributed by atoms with Crippen LogP contribution in [0.4, 0.5) is 0 Å². The van der Waals surface area contributed by atoms with Gasteiger partial charge >= 0.3 is 0 Å². The minimum absolute atomic E-state index is 0.880. The summed E-state index contributed by atoms with van der Waals surface area (Å²) in [6.07, 6.45) is 2.09. The van der Waals surface area contributed by atoms with E-state index in [0.29, 0.717) is 0 Å². The maximum atomic E-state index is 2.34. The maximum Gasteiger partial charge on any atom is 0.0693 e. The van der Waals surface area contributed by atoms with Crippen LogP contribution < -0.4 is 0 Å². The van der Waals surface area contributed by atoms with Gasteiger partial charge in [-0.1, -0.05) is 25.3 Å². The zero-order valence-electron chi connectivity index (χ0n) is 6.06. The van der Waals surface area contributed by atoms with Crippen molar-refractivity contribution in [2.45, 2.75) is 19.6 Å². The molecule has 0 aromatic heterocycles. The Morgan fingerprint density at radius 2 is 1.75 bits per heavy atom. The first-order chi connectivity index (χ1) is 3.56. The van der Waals surface area contributed by atoms with Gasteiger partial charge < -0.3 is 0 Å². The zero-order valence-corrected chi connectivity index (χ0v) is 7.88. The van der Waals surface area contributed by atoms with Crippen LogP contribution in [0.1, 0.15) is 0 Å². The van der Waals surface area contributed by atoms with Gasteiger partial charge in [-0.25, -0.2) is 0 Å². The third-order valence-electron chi connectivity index (χ3n) is 0.704. The summed E-state index contributed by atoms with van der Waals surface area (Å²) in [7, 11) is -0.880. The summed E-state index contributed by atoms with van der Waals surface area (Å²) >= 11 is 1.78. The molecule has 0 heterocycles. The van der Waals surface area contributed by atoms with E-state index in [1.807, 2.05) is 0 Å². The molecular formula is C6H14SSi. The van der Waals surface area contributed by atoms with Gasteiger partial charge in [0, 0.05) is 0 Å². The van der Waals surface area contributed by atoms with Crippen molar-refractivity contribution < 1.29 is 0 Å². The predicted octanol–water partition coefficient (Wildman–Crippen LogP) is 2.74. The van der Waals surface area contributed by atoms with Gasteiger partial charge in [0.2, 0.25) is 0 Å². The lowest BCUT2D eigenvalue weighted by Crippen LogP contribution is -2.14. The minimum atomic E-state index is -0.880. The predicted molar refractivity (Wildman–Crippen MR) is 46.0 cm³/mol. The van der Waals surface area contributed by atoms with E-state index in [2.05, 4.69) is 37.0 Å². The summed E-state index contributed by atoms with van der Waals surface area (Å²) in [5.41, 5.74) is 2.34. The topological polar surface area (TPSA) is 0 Å². The molecule has 0 aromatic carbocycles. The molecule has 0 saturated carbocycles. The van der Waals surface area contributed by atoms with Gasteiger partial charge in [-0.3, -0.25) is 0 Å². The molecule has 0 atom stereocenters. The number of rotatable bonds is 2. The van der Waals surface area contributed by atoms with Gasteiger partial charge in [-0.15, -0.1) is 11.8 Å². The minimum Gasteiger partial charge on any atom is -0.138 e. The van der Waals surface area contributed by atoms with Gasteiger partial charge in [0.15, 0.2) is 0 Å². The van der Waals surface area contributed by atoms with Crippen LogP contribution in [-0.4, -0.2) is 14.3 Å². The standard InChI is InChI=1S/C6H14SSi/c1-7-5-6-8(2,3)4/h5-6H,1-4H3/b6-5+. The number of hydrogen-bond donors (Lipinski definition) is 0. The van der Waals surface area contributed by atoms with E-state index >= 15 is 0 Å². The Labute approximate surface area is 57.4 Å². The molecule has 0 unspecified atom stereocenters. The van der Waals surface area contributed by atoms with Crippen molar-refractivity contribution in [2.75, 3.05) is 6.26 Å². The summed E-state index contributed by atoms with van der Waals surface area (Å²) in [6.45, 7) is 7.00. The van der Waals surface area contributed by atoms with E-state index in [1.165, 1.54) is 0 Å². The lowest BCUT2D eigenvalue weighted by atomic mass is 11.2. The lowest BCUT2D eigenvalue weighted by Gasteiger charge is -2.06. The molecule has 0 saturated heterocycles. The highest BCUT2D eigenvalue weighted by Gasteiger charge is 2.05. The Hall–Kier alpha value is 0.307. The molecule has 48 valence electrons. The first kappa shape index (κ1) is 8.31. The van der Waals surface area contributed by atoms with Crippen LogP contribution in [0.3, 0.4) is 0 Å². The SMILES string of the molecule is CS/C=C/[Si](C)(C)C. The maximum absolute atomic E-state index is 2.34. The van der Waals surface area contributed by atoms with Crippen molar-refractivity contribution in [1.29, 1.82) is 0 Å². The molecule has 0 nitrogen and oxygen atoms in total. The highest BCUT2D eigenvalue weighted by atomic mass is 32.2. The Balaban J connectivity index is 3.52. The van der Waals surface area contributed by atoms with E-state index in [0.717, 1.165) is 0 Å². The summed E-state index contributed by atoms with van der Waals surface area (Å²) in [5, 5.41) is 2.19. The first-order valence-corrected chi connectivity index (χ1v) is 7.63. The average Bonchev–Trinajstić information content (AvgIpc) is 1.59. The van der Waals surface area contributed by atoms with E-state index in [9.17, 15) is 0 Å². The second-order valence-corrected chi connectivity index (χ2v) is 8.71. The van der Waals surface area contributed by atoms with Crippen LogP contribution in [0, 0.1) is 0 Å². The fourth-order valence-corrected chi connectivity index (χ4v) is 2.45. The molecule has 0 spiro atoms. The molecule has 2 heteroatoms. The zero-order chi connectivity index (χ0) is 6.62. The monoisotopic (exact) mass is 146 g/mol. The summed E-state index contributed by atoms with van der Waals surface area (Å²) in [4.78, 5) is 0. The van der Waals surface area contributed by atoms with E-state index in [4.69, 9.17) is 0 Å². The van der Waals surface area contributed by atoms with Gasteiger partial charge in [-0.05, 0) is 11.7 Å². The largest absolute Gasteiger partial charge is 0.138 e. The summed E-state index contributed by atoms with van der Waals surface area (Å²) in [6, 6.07) is 0. The molecule has 0 fully saturated rings. The van der Waals surface area contributed by atoms with Crippen LogP contribution >= 0.6 is 11.8 Å². The average molecular weight is 146 g/mol. The first-order valence-electron chi connectivity index (χ1n) is 2.77. The van der Waals surface area contributed by atoms with Crippen LogP contribution in [0.25, 0.3) is 0 Å². The molecule has 0 N–H and O–H groups in total. The third kappa shape index (κ3) is 6.31. The molecule has 0 rings (SSSR count). The van der Waals surface area contributed by atoms with Gasteiger partial charge in [0.05, 0.1) is 8.07 Å². The van der Waals surface area contributed by atoms with Gasteiger partial charge in [0.25, 0.3) is 0 Å². The van der Waals surface area contributed by atoms with Gasteiger partial charge in [0.1, 0.15) is 0 Å². The Kier molecular flexibility index (Phi) is 3.48. The van der Waals surface area contributed by atoms with Crippen molar-refractivity contribution in [1.82, 2.24) is 0 Å². The third-order valence-corrected chi connectivity index (χ3v) is 2.52. The Bertz CT molecular complexity index is 81.0. The van der Waals surface area contributed by atoms with Gasteiger partial charge in [-0.2, -0.15) is 0 Å². The fraction of sp³-hybridized carbons (Fsp3) is 0.667. The normalized spacial score (nSPS) is 13.0. The van der Waals surface area contributed by atoms with Crippen molar-refractivity contribution in [2.24, 2.45) is 0 Å². The van der Waals surface area contributed by atoms with Crippen molar-refractivity contribution in [3.63, 3.8) is 0 Å². The molecule has 0 amide bonds. The highest BCUT2D eigenvalue weighted by Crippen LogP contribution is 2.05. The Morgan fingerprint density at radius 3 is 1.88 bits per heavy atom. The Morgan fingerprint density at radius 1 is 1.25 bits per heavy atom. The molecule has 8 heavy (non-hydrogen) atoms. The van der Waals surface area contributed by atoms with Crippen molar-refractivity contribution >= 4 is 19.8 Å². The smallest absolute Gasteiger partial charge is 0.0693 e. The highest BCUT2D eigenvalue weighted by molar-refractivity contribution is 8.01. The molecule has 0 radical (unpaired) electrons. The summed E-state index contributed by atoms with van der Waals surface area (Å²) < 4.78 is 0. The molecule has 0 aliphatic carbocycles. The van der Waals surface area contributed by atoms with Crippen LogP contribution in [0.5, 0.6) is 0 Å². The van der Waals surface area contributed by atoms with Crippen molar-refractivity contribution in [3.8, 4) is 0 Å². The van der Waals surface area contributed by atoms with Crippen molar-refractivity contribution in [3.05, 3.63) is 11.1 Å². The van der Waals surface area contributed by atoms with E-state index < -0.39 is 8.07 Å². The van der Waals surface area contributed by atoms with Crippen LogP contribution in [-0.2, 0) is 0 Å².